The molecule has 0 atom stereocenters. The van der Waals surface area contributed by atoms with Crippen LogP contribution in [0.15, 0.2) is 78.9 Å². The van der Waals surface area contributed by atoms with E-state index in [1.165, 1.54) is 5.56 Å². The predicted octanol–water partition coefficient (Wildman–Crippen LogP) is 5.75. The minimum atomic E-state index is -0.00767. The van der Waals surface area contributed by atoms with Crippen molar-refractivity contribution >= 4 is 16.7 Å². The molecule has 3 aromatic carbocycles. The second-order valence-corrected chi connectivity index (χ2v) is 7.38. The summed E-state index contributed by atoms with van der Waals surface area (Å²) in [5.74, 6) is 0.314. The molecule has 140 valence electrons. The van der Waals surface area contributed by atoms with Crippen molar-refractivity contribution in [1.82, 2.24) is 4.57 Å². The van der Waals surface area contributed by atoms with Gasteiger partial charge in [-0.25, -0.2) is 0 Å². The van der Waals surface area contributed by atoms with Crippen LogP contribution in [0.5, 0.6) is 5.75 Å². The van der Waals surface area contributed by atoms with Gasteiger partial charge in [-0.15, -0.1) is 0 Å². The van der Waals surface area contributed by atoms with Crippen molar-refractivity contribution in [2.75, 3.05) is 0 Å². The van der Waals surface area contributed by atoms with Crippen LogP contribution in [0.25, 0.3) is 10.9 Å². The van der Waals surface area contributed by atoms with Crippen molar-refractivity contribution in [3.05, 3.63) is 101 Å². The molecule has 1 heterocycles. The fourth-order valence-electron chi connectivity index (χ4n) is 3.87. The van der Waals surface area contributed by atoms with E-state index in [9.17, 15) is 9.90 Å². The maximum atomic E-state index is 13.5. The Balaban J connectivity index is 1.99. The Kier molecular flexibility index (Phi) is 4.74. The standard InChI is InChI=1S/C25H23NO2/c1-17(2)24-23(25(28)19-11-7-4-8-12-19)21-15-20(27)13-14-22(21)26(24)16-18-9-5-3-6-10-18/h3-15,17,27H,16H2,1-2H3. The van der Waals surface area contributed by atoms with Gasteiger partial charge in [0.05, 0.1) is 5.56 Å². The van der Waals surface area contributed by atoms with Crippen molar-refractivity contribution < 1.29 is 9.90 Å². The lowest BCUT2D eigenvalue weighted by Gasteiger charge is -2.15. The topological polar surface area (TPSA) is 42.2 Å². The van der Waals surface area contributed by atoms with E-state index in [1.807, 2.05) is 54.6 Å². The Hall–Kier alpha value is -3.33. The monoisotopic (exact) mass is 369 g/mol. The molecule has 1 N–H and O–H groups in total. The molecule has 0 saturated heterocycles. The maximum Gasteiger partial charge on any atom is 0.195 e. The highest BCUT2D eigenvalue weighted by molar-refractivity contribution is 6.17. The van der Waals surface area contributed by atoms with Crippen molar-refractivity contribution in [2.24, 2.45) is 0 Å². The van der Waals surface area contributed by atoms with Crippen LogP contribution < -0.4 is 0 Å². The molecular weight excluding hydrogens is 346 g/mol. The van der Waals surface area contributed by atoms with Gasteiger partial charge in [-0.3, -0.25) is 4.79 Å². The highest BCUT2D eigenvalue weighted by Gasteiger charge is 2.25. The highest BCUT2D eigenvalue weighted by Crippen LogP contribution is 2.35. The van der Waals surface area contributed by atoms with Crippen LogP contribution >= 0.6 is 0 Å². The van der Waals surface area contributed by atoms with Crippen molar-refractivity contribution in [1.29, 1.82) is 0 Å². The first-order chi connectivity index (χ1) is 13.6. The second-order valence-electron chi connectivity index (χ2n) is 7.38. The zero-order chi connectivity index (χ0) is 19.7. The van der Waals surface area contributed by atoms with Crippen LogP contribution in [0.4, 0.5) is 0 Å². The van der Waals surface area contributed by atoms with Crippen LogP contribution in [0.3, 0.4) is 0 Å². The fourth-order valence-corrected chi connectivity index (χ4v) is 3.87. The van der Waals surface area contributed by atoms with E-state index in [-0.39, 0.29) is 17.5 Å². The lowest BCUT2D eigenvalue weighted by Crippen LogP contribution is -2.11. The second kappa shape index (κ2) is 7.35. The molecule has 0 aliphatic carbocycles. The van der Waals surface area contributed by atoms with E-state index in [4.69, 9.17) is 0 Å². The minimum Gasteiger partial charge on any atom is -0.508 e. The van der Waals surface area contributed by atoms with E-state index < -0.39 is 0 Å². The molecular formula is C25H23NO2. The number of hydrogen-bond donors (Lipinski definition) is 1. The number of aromatic nitrogens is 1. The van der Waals surface area contributed by atoms with Gasteiger partial charge in [0.2, 0.25) is 0 Å². The summed E-state index contributed by atoms with van der Waals surface area (Å²) in [4.78, 5) is 13.5. The van der Waals surface area contributed by atoms with Gasteiger partial charge in [0.1, 0.15) is 5.75 Å². The molecule has 4 aromatic rings. The van der Waals surface area contributed by atoms with Gasteiger partial charge in [0, 0.05) is 28.7 Å². The summed E-state index contributed by atoms with van der Waals surface area (Å²) in [5, 5.41) is 10.9. The normalized spacial score (nSPS) is 11.2. The molecule has 0 radical (unpaired) electrons. The average molecular weight is 369 g/mol. The Bertz CT molecular complexity index is 1130. The largest absolute Gasteiger partial charge is 0.508 e. The van der Waals surface area contributed by atoms with Crippen molar-refractivity contribution in [3.8, 4) is 5.75 Å². The number of carbonyl (C=O) groups excluding carboxylic acids is 1. The number of carbonyl (C=O) groups is 1. The number of fused-ring (bicyclic) bond motifs is 1. The summed E-state index contributed by atoms with van der Waals surface area (Å²) >= 11 is 0. The van der Waals surface area contributed by atoms with Crippen LogP contribution in [0.2, 0.25) is 0 Å². The van der Waals surface area contributed by atoms with Gasteiger partial charge in [0.15, 0.2) is 5.78 Å². The number of benzene rings is 3. The molecule has 0 amide bonds. The molecule has 0 aliphatic heterocycles. The van der Waals surface area contributed by atoms with Gasteiger partial charge in [0.25, 0.3) is 0 Å². The summed E-state index contributed by atoms with van der Waals surface area (Å²) in [5.41, 5.74) is 4.48. The molecule has 0 saturated carbocycles. The summed E-state index contributed by atoms with van der Waals surface area (Å²) in [6.07, 6.45) is 0. The van der Waals surface area contributed by atoms with Gasteiger partial charge in [-0.2, -0.15) is 0 Å². The number of phenols is 1. The maximum absolute atomic E-state index is 13.5. The zero-order valence-corrected chi connectivity index (χ0v) is 16.1. The predicted molar refractivity (Wildman–Crippen MR) is 113 cm³/mol. The number of ketones is 1. The van der Waals surface area contributed by atoms with E-state index in [1.54, 1.807) is 12.1 Å². The smallest absolute Gasteiger partial charge is 0.195 e. The van der Waals surface area contributed by atoms with Gasteiger partial charge in [-0.05, 0) is 29.7 Å². The van der Waals surface area contributed by atoms with E-state index in [0.717, 1.165) is 16.6 Å². The lowest BCUT2D eigenvalue weighted by atomic mass is 9.96. The molecule has 3 nitrogen and oxygen atoms in total. The third-order valence-electron chi connectivity index (χ3n) is 5.08. The third kappa shape index (κ3) is 3.20. The molecule has 0 fully saturated rings. The van der Waals surface area contributed by atoms with Crippen molar-refractivity contribution in [2.45, 2.75) is 26.3 Å². The van der Waals surface area contributed by atoms with E-state index in [0.29, 0.717) is 17.7 Å². The number of aromatic hydroxyl groups is 1. The average Bonchev–Trinajstić information content (AvgIpc) is 3.02. The van der Waals surface area contributed by atoms with Crippen LogP contribution in [-0.2, 0) is 6.54 Å². The fraction of sp³-hybridized carbons (Fsp3) is 0.160. The molecule has 0 bridgehead atoms. The number of nitrogens with zero attached hydrogens (tertiary/aromatic N) is 1. The SMILES string of the molecule is CC(C)c1c(C(=O)c2ccccc2)c2cc(O)ccc2n1Cc1ccccc1. The summed E-state index contributed by atoms with van der Waals surface area (Å²) < 4.78 is 2.21. The van der Waals surface area contributed by atoms with Crippen LogP contribution in [0.1, 0.15) is 46.9 Å². The summed E-state index contributed by atoms with van der Waals surface area (Å²) in [6, 6.07) is 24.9. The molecule has 3 heteroatoms. The van der Waals surface area contributed by atoms with Crippen LogP contribution in [0, 0.1) is 0 Å². The number of phenolic OH excluding ortho intramolecular Hbond substituents is 1. The molecule has 1 aromatic heterocycles. The van der Waals surface area contributed by atoms with Gasteiger partial charge >= 0.3 is 0 Å². The van der Waals surface area contributed by atoms with Gasteiger partial charge < -0.3 is 9.67 Å². The molecule has 0 spiro atoms. The molecule has 0 unspecified atom stereocenters. The molecule has 4 rings (SSSR count). The van der Waals surface area contributed by atoms with Crippen LogP contribution in [-0.4, -0.2) is 15.5 Å². The third-order valence-corrected chi connectivity index (χ3v) is 5.08. The Morgan fingerprint density at radius 2 is 1.57 bits per heavy atom. The molecule has 28 heavy (non-hydrogen) atoms. The highest BCUT2D eigenvalue weighted by atomic mass is 16.3. The lowest BCUT2D eigenvalue weighted by molar-refractivity contribution is 0.103. The minimum absolute atomic E-state index is 0.00767. The Morgan fingerprint density at radius 3 is 2.21 bits per heavy atom. The van der Waals surface area contributed by atoms with E-state index in [2.05, 4.69) is 30.5 Å². The number of rotatable bonds is 5. The Labute approximate surface area is 164 Å². The Morgan fingerprint density at radius 1 is 0.929 bits per heavy atom. The first-order valence-electron chi connectivity index (χ1n) is 9.55. The quantitative estimate of drug-likeness (QED) is 0.455. The number of hydrogen-bond acceptors (Lipinski definition) is 2. The summed E-state index contributed by atoms with van der Waals surface area (Å²) in [7, 11) is 0. The van der Waals surface area contributed by atoms with Crippen molar-refractivity contribution in [3.63, 3.8) is 0 Å². The zero-order valence-electron chi connectivity index (χ0n) is 16.1. The first kappa shape index (κ1) is 18.1. The molecule has 0 aliphatic rings. The van der Waals surface area contributed by atoms with Gasteiger partial charge in [-0.1, -0.05) is 74.5 Å². The van der Waals surface area contributed by atoms with E-state index >= 15 is 0 Å². The summed E-state index contributed by atoms with van der Waals surface area (Å²) in [6.45, 7) is 4.90. The first-order valence-corrected chi connectivity index (χ1v) is 9.55.